The quantitative estimate of drug-likeness (QED) is 0.761. The fourth-order valence-electron chi connectivity index (χ4n) is 1.94. The minimum atomic E-state index is 0.156. The van der Waals surface area contributed by atoms with Crippen LogP contribution in [0.3, 0.4) is 0 Å². The average Bonchev–Trinajstić information content (AvgIpc) is 2.59. The zero-order chi connectivity index (χ0) is 13.5. The maximum absolute atomic E-state index is 4.49. The van der Waals surface area contributed by atoms with Gasteiger partial charge in [-0.2, -0.15) is 0 Å². The standard InChI is InChI=1S/C15H19BrN2/c1-10-6-7-11(15(2,3)4)8-12(10)13-14(16)18(5)9-17-13/h6-9H,1-5H3. The first-order valence-corrected chi connectivity index (χ1v) is 6.88. The van der Waals surface area contributed by atoms with Gasteiger partial charge in [0.2, 0.25) is 0 Å². The van der Waals surface area contributed by atoms with Gasteiger partial charge in [0.1, 0.15) is 10.3 Å². The van der Waals surface area contributed by atoms with Gasteiger partial charge in [0.25, 0.3) is 0 Å². The number of rotatable bonds is 1. The first-order valence-electron chi connectivity index (χ1n) is 6.09. The molecule has 0 amide bonds. The SMILES string of the molecule is Cc1ccc(C(C)(C)C)cc1-c1ncn(C)c1Br. The average molecular weight is 307 g/mol. The first-order chi connectivity index (χ1) is 8.30. The zero-order valence-electron chi connectivity index (χ0n) is 11.6. The molecule has 0 fully saturated rings. The van der Waals surface area contributed by atoms with Gasteiger partial charge in [-0.3, -0.25) is 0 Å². The fraction of sp³-hybridized carbons (Fsp3) is 0.400. The van der Waals surface area contributed by atoms with Crippen LogP contribution in [0.5, 0.6) is 0 Å². The molecule has 0 N–H and O–H groups in total. The van der Waals surface area contributed by atoms with Crippen LogP contribution in [-0.2, 0) is 12.5 Å². The van der Waals surface area contributed by atoms with Crippen LogP contribution in [0.4, 0.5) is 0 Å². The summed E-state index contributed by atoms with van der Waals surface area (Å²) >= 11 is 3.60. The third-order valence-corrected chi connectivity index (χ3v) is 4.16. The molecule has 2 rings (SSSR count). The molecule has 0 spiro atoms. The molecule has 0 radical (unpaired) electrons. The van der Waals surface area contributed by atoms with Crippen molar-refractivity contribution in [3.05, 3.63) is 40.3 Å². The maximum atomic E-state index is 4.49. The van der Waals surface area contributed by atoms with Crippen LogP contribution in [0.2, 0.25) is 0 Å². The summed E-state index contributed by atoms with van der Waals surface area (Å²) in [5.74, 6) is 0. The van der Waals surface area contributed by atoms with Crippen LogP contribution in [0.1, 0.15) is 31.9 Å². The number of halogens is 1. The molecule has 0 aliphatic heterocycles. The van der Waals surface area contributed by atoms with E-state index in [4.69, 9.17) is 0 Å². The van der Waals surface area contributed by atoms with Gasteiger partial charge >= 0.3 is 0 Å². The monoisotopic (exact) mass is 306 g/mol. The van der Waals surface area contributed by atoms with Gasteiger partial charge < -0.3 is 4.57 Å². The number of aryl methyl sites for hydroxylation is 2. The molecule has 0 atom stereocenters. The summed E-state index contributed by atoms with van der Waals surface area (Å²) in [7, 11) is 1.99. The van der Waals surface area contributed by atoms with Crippen molar-refractivity contribution in [3.63, 3.8) is 0 Å². The number of nitrogens with zero attached hydrogens (tertiary/aromatic N) is 2. The summed E-state index contributed by atoms with van der Waals surface area (Å²) in [5.41, 5.74) is 4.96. The summed E-state index contributed by atoms with van der Waals surface area (Å²) in [4.78, 5) is 4.49. The topological polar surface area (TPSA) is 17.8 Å². The highest BCUT2D eigenvalue weighted by Gasteiger charge is 2.17. The van der Waals surface area contributed by atoms with E-state index in [0.29, 0.717) is 0 Å². The summed E-state index contributed by atoms with van der Waals surface area (Å²) in [6.45, 7) is 8.82. The van der Waals surface area contributed by atoms with Gasteiger partial charge in [-0.15, -0.1) is 0 Å². The molecular formula is C15H19BrN2. The summed E-state index contributed by atoms with van der Waals surface area (Å²) in [5, 5.41) is 0. The highest BCUT2D eigenvalue weighted by atomic mass is 79.9. The Morgan fingerprint density at radius 3 is 2.39 bits per heavy atom. The Kier molecular flexibility index (Phi) is 3.37. The van der Waals surface area contributed by atoms with Gasteiger partial charge in [-0.05, 0) is 45.5 Å². The third-order valence-electron chi connectivity index (χ3n) is 3.22. The molecule has 0 saturated heterocycles. The molecule has 0 saturated carbocycles. The summed E-state index contributed by atoms with van der Waals surface area (Å²) in [6, 6.07) is 6.63. The van der Waals surface area contributed by atoms with Crippen LogP contribution in [0.15, 0.2) is 29.1 Å². The molecule has 3 heteroatoms. The smallest absolute Gasteiger partial charge is 0.112 e. The molecule has 2 aromatic rings. The molecule has 1 heterocycles. The van der Waals surface area contributed by atoms with Gasteiger partial charge in [-0.1, -0.05) is 32.9 Å². The van der Waals surface area contributed by atoms with Crippen molar-refractivity contribution >= 4 is 15.9 Å². The van der Waals surface area contributed by atoms with E-state index < -0.39 is 0 Å². The minimum absolute atomic E-state index is 0.156. The second-order valence-corrected chi connectivity index (χ2v) is 6.53. The van der Waals surface area contributed by atoms with E-state index in [9.17, 15) is 0 Å². The second-order valence-electron chi connectivity index (χ2n) is 5.77. The molecule has 0 aliphatic rings. The Bertz CT molecular complexity index is 577. The highest BCUT2D eigenvalue weighted by Crippen LogP contribution is 2.32. The van der Waals surface area contributed by atoms with Crippen molar-refractivity contribution in [2.24, 2.45) is 7.05 Å². The highest BCUT2D eigenvalue weighted by molar-refractivity contribution is 9.10. The van der Waals surface area contributed by atoms with Crippen LogP contribution in [-0.4, -0.2) is 9.55 Å². The van der Waals surface area contributed by atoms with Crippen LogP contribution >= 0.6 is 15.9 Å². The Labute approximate surface area is 117 Å². The van der Waals surface area contributed by atoms with E-state index in [2.05, 4.69) is 66.8 Å². The van der Waals surface area contributed by atoms with E-state index in [0.717, 1.165) is 10.3 Å². The number of imidazole rings is 1. The molecule has 96 valence electrons. The molecule has 18 heavy (non-hydrogen) atoms. The predicted octanol–water partition coefficient (Wildman–Crippen LogP) is 4.46. The molecule has 2 nitrogen and oxygen atoms in total. The van der Waals surface area contributed by atoms with E-state index >= 15 is 0 Å². The van der Waals surface area contributed by atoms with Crippen LogP contribution in [0.25, 0.3) is 11.3 Å². The lowest BCUT2D eigenvalue weighted by atomic mass is 9.85. The van der Waals surface area contributed by atoms with Crippen molar-refractivity contribution in [2.75, 3.05) is 0 Å². The van der Waals surface area contributed by atoms with E-state index in [-0.39, 0.29) is 5.41 Å². The van der Waals surface area contributed by atoms with Gasteiger partial charge in [-0.25, -0.2) is 4.98 Å². The molecule has 1 aromatic heterocycles. The van der Waals surface area contributed by atoms with Crippen molar-refractivity contribution in [1.29, 1.82) is 0 Å². The Morgan fingerprint density at radius 2 is 1.89 bits per heavy atom. The van der Waals surface area contributed by atoms with E-state index in [1.165, 1.54) is 16.7 Å². The van der Waals surface area contributed by atoms with Crippen LogP contribution < -0.4 is 0 Å². The van der Waals surface area contributed by atoms with E-state index in [1.54, 1.807) is 0 Å². The third kappa shape index (κ3) is 2.37. The molecular weight excluding hydrogens is 288 g/mol. The van der Waals surface area contributed by atoms with Gasteiger partial charge in [0.15, 0.2) is 0 Å². The van der Waals surface area contributed by atoms with E-state index in [1.807, 2.05) is 17.9 Å². The molecule has 0 unspecified atom stereocenters. The lowest BCUT2D eigenvalue weighted by Crippen LogP contribution is -2.11. The number of aromatic nitrogens is 2. The first kappa shape index (κ1) is 13.3. The molecule has 1 aromatic carbocycles. The van der Waals surface area contributed by atoms with Crippen LogP contribution in [0, 0.1) is 6.92 Å². The van der Waals surface area contributed by atoms with Crippen molar-refractivity contribution in [2.45, 2.75) is 33.1 Å². The Balaban J connectivity index is 2.61. The van der Waals surface area contributed by atoms with Crippen molar-refractivity contribution in [3.8, 4) is 11.3 Å². The lowest BCUT2D eigenvalue weighted by Gasteiger charge is -2.20. The Morgan fingerprint density at radius 1 is 1.22 bits per heavy atom. The summed E-state index contributed by atoms with van der Waals surface area (Å²) < 4.78 is 3.01. The minimum Gasteiger partial charge on any atom is -0.328 e. The number of benzene rings is 1. The second kappa shape index (κ2) is 4.54. The number of hydrogen-bond acceptors (Lipinski definition) is 1. The largest absolute Gasteiger partial charge is 0.328 e. The van der Waals surface area contributed by atoms with Gasteiger partial charge in [0.05, 0.1) is 6.33 Å². The predicted molar refractivity (Wildman–Crippen MR) is 79.8 cm³/mol. The number of hydrogen-bond donors (Lipinski definition) is 0. The van der Waals surface area contributed by atoms with Crippen molar-refractivity contribution < 1.29 is 0 Å². The maximum Gasteiger partial charge on any atom is 0.112 e. The zero-order valence-corrected chi connectivity index (χ0v) is 13.2. The molecule has 0 bridgehead atoms. The normalized spacial score (nSPS) is 11.9. The fourth-order valence-corrected chi connectivity index (χ4v) is 2.35. The molecule has 0 aliphatic carbocycles. The Hall–Kier alpha value is -1.09. The van der Waals surface area contributed by atoms with Gasteiger partial charge in [0, 0.05) is 12.6 Å². The lowest BCUT2D eigenvalue weighted by molar-refractivity contribution is 0.590. The van der Waals surface area contributed by atoms with Crippen molar-refractivity contribution in [1.82, 2.24) is 9.55 Å². The summed E-state index contributed by atoms with van der Waals surface area (Å²) in [6.07, 6.45) is 1.84.